The van der Waals surface area contributed by atoms with Gasteiger partial charge in [0.1, 0.15) is 0 Å². The van der Waals surface area contributed by atoms with Crippen LogP contribution in [0.1, 0.15) is 31.4 Å². The zero-order chi connectivity index (χ0) is 13.7. The first-order valence-corrected chi connectivity index (χ1v) is 5.89. The molecule has 0 aliphatic rings. The molecule has 0 saturated heterocycles. The van der Waals surface area contributed by atoms with Crippen molar-refractivity contribution in [1.82, 2.24) is 0 Å². The molecule has 18 heavy (non-hydrogen) atoms. The summed E-state index contributed by atoms with van der Waals surface area (Å²) in [5, 5.41) is 14.6. The van der Waals surface area contributed by atoms with E-state index in [0.717, 1.165) is 12.0 Å². The number of nitrogens with one attached hydrogen (secondary N) is 1. The van der Waals surface area contributed by atoms with Crippen LogP contribution in [0.2, 0.25) is 0 Å². The lowest BCUT2D eigenvalue weighted by Gasteiger charge is -2.14. The molecule has 1 aromatic carbocycles. The average molecular weight is 249 g/mol. The summed E-state index contributed by atoms with van der Waals surface area (Å²) < 4.78 is 0. The number of nitrogens with zero attached hydrogens (tertiary/aromatic N) is 1. The molecule has 1 unspecified atom stereocenters. The Bertz CT molecular complexity index is 469. The largest absolute Gasteiger partial charge is 0.409 e. The van der Waals surface area contributed by atoms with Gasteiger partial charge in [0.25, 0.3) is 0 Å². The number of benzene rings is 1. The van der Waals surface area contributed by atoms with Gasteiger partial charge in [-0.2, -0.15) is 0 Å². The van der Waals surface area contributed by atoms with E-state index in [9.17, 15) is 4.79 Å². The number of oxime groups is 1. The van der Waals surface area contributed by atoms with Crippen molar-refractivity contribution < 1.29 is 10.0 Å². The van der Waals surface area contributed by atoms with E-state index in [1.807, 2.05) is 32.9 Å². The van der Waals surface area contributed by atoms with Crippen LogP contribution in [0, 0.1) is 12.8 Å². The number of rotatable bonds is 4. The number of anilines is 1. The highest BCUT2D eigenvalue weighted by Crippen LogP contribution is 2.20. The summed E-state index contributed by atoms with van der Waals surface area (Å²) in [4.78, 5) is 11.9. The number of carbonyl (C=O) groups is 1. The fourth-order valence-corrected chi connectivity index (χ4v) is 1.60. The highest BCUT2D eigenvalue weighted by atomic mass is 16.4. The Morgan fingerprint density at radius 2 is 2.22 bits per heavy atom. The van der Waals surface area contributed by atoms with Gasteiger partial charge in [-0.1, -0.05) is 31.1 Å². The Kier molecular flexibility index (Phi) is 4.71. The van der Waals surface area contributed by atoms with Crippen molar-refractivity contribution in [2.45, 2.75) is 27.2 Å². The third-order valence-electron chi connectivity index (χ3n) is 2.95. The second-order valence-corrected chi connectivity index (χ2v) is 4.28. The number of amidine groups is 1. The summed E-state index contributed by atoms with van der Waals surface area (Å²) in [5.41, 5.74) is 7.59. The number of hydrogen-bond donors (Lipinski definition) is 3. The third-order valence-corrected chi connectivity index (χ3v) is 2.95. The zero-order valence-electron chi connectivity index (χ0n) is 10.9. The molecule has 0 fully saturated rings. The molecule has 1 aromatic rings. The van der Waals surface area contributed by atoms with Crippen LogP contribution in [-0.4, -0.2) is 17.0 Å². The van der Waals surface area contributed by atoms with Crippen LogP contribution in [0.4, 0.5) is 5.69 Å². The first-order chi connectivity index (χ1) is 8.51. The molecule has 0 heterocycles. The molecule has 5 heteroatoms. The van der Waals surface area contributed by atoms with E-state index in [1.54, 1.807) is 6.07 Å². The molecule has 98 valence electrons. The van der Waals surface area contributed by atoms with Crippen LogP contribution in [0.25, 0.3) is 0 Å². The van der Waals surface area contributed by atoms with E-state index in [4.69, 9.17) is 10.9 Å². The minimum atomic E-state index is -0.0781. The predicted molar refractivity (Wildman–Crippen MR) is 71.8 cm³/mol. The topological polar surface area (TPSA) is 87.7 Å². The number of hydrogen-bond acceptors (Lipinski definition) is 3. The van der Waals surface area contributed by atoms with Crippen molar-refractivity contribution in [3.8, 4) is 0 Å². The Balaban J connectivity index is 3.10. The lowest BCUT2D eigenvalue weighted by Crippen LogP contribution is -2.23. The van der Waals surface area contributed by atoms with E-state index in [-0.39, 0.29) is 17.7 Å². The summed E-state index contributed by atoms with van der Waals surface area (Å²) in [6.07, 6.45) is 0.760. The molecule has 5 nitrogen and oxygen atoms in total. The fourth-order valence-electron chi connectivity index (χ4n) is 1.60. The van der Waals surface area contributed by atoms with E-state index >= 15 is 0 Å². The standard InChI is InChI=1S/C13H19N3O2/c1-4-8(2)13(17)15-10-7-5-6-9(3)11(10)12(14)16-18/h5-8,18H,4H2,1-3H3,(H2,14,16)(H,15,17). The van der Waals surface area contributed by atoms with Crippen molar-refractivity contribution in [3.63, 3.8) is 0 Å². The third kappa shape index (κ3) is 3.00. The molecule has 4 N–H and O–H groups in total. The normalized spacial score (nSPS) is 13.2. The second-order valence-electron chi connectivity index (χ2n) is 4.28. The smallest absolute Gasteiger partial charge is 0.227 e. The van der Waals surface area contributed by atoms with E-state index in [1.165, 1.54) is 0 Å². The number of nitrogens with two attached hydrogens (primary N) is 1. The average Bonchev–Trinajstić information content (AvgIpc) is 2.37. The van der Waals surface area contributed by atoms with Gasteiger partial charge in [-0.25, -0.2) is 0 Å². The van der Waals surface area contributed by atoms with Crippen molar-refractivity contribution >= 4 is 17.4 Å². The van der Waals surface area contributed by atoms with Crippen LogP contribution in [-0.2, 0) is 4.79 Å². The minimum Gasteiger partial charge on any atom is -0.409 e. The van der Waals surface area contributed by atoms with Crippen LogP contribution in [0.3, 0.4) is 0 Å². The lowest BCUT2D eigenvalue weighted by molar-refractivity contribution is -0.119. The van der Waals surface area contributed by atoms with Crippen molar-refractivity contribution in [1.29, 1.82) is 0 Å². The summed E-state index contributed by atoms with van der Waals surface area (Å²) in [6.45, 7) is 5.64. The molecule has 0 saturated carbocycles. The van der Waals surface area contributed by atoms with Crippen LogP contribution in [0.15, 0.2) is 23.4 Å². The molecule has 0 aliphatic heterocycles. The maximum atomic E-state index is 11.9. The zero-order valence-corrected chi connectivity index (χ0v) is 10.9. The van der Waals surface area contributed by atoms with Gasteiger partial charge < -0.3 is 16.3 Å². The van der Waals surface area contributed by atoms with Crippen LogP contribution >= 0.6 is 0 Å². The maximum Gasteiger partial charge on any atom is 0.227 e. The number of carbonyl (C=O) groups excluding carboxylic acids is 1. The highest BCUT2D eigenvalue weighted by Gasteiger charge is 2.15. The van der Waals surface area contributed by atoms with Gasteiger partial charge in [-0.15, -0.1) is 0 Å². The van der Waals surface area contributed by atoms with E-state index in [2.05, 4.69) is 10.5 Å². The van der Waals surface area contributed by atoms with Gasteiger partial charge >= 0.3 is 0 Å². The number of aryl methyl sites for hydroxylation is 1. The quantitative estimate of drug-likeness (QED) is 0.330. The Morgan fingerprint density at radius 1 is 1.56 bits per heavy atom. The first kappa shape index (κ1) is 14.0. The van der Waals surface area contributed by atoms with Crippen LogP contribution < -0.4 is 11.1 Å². The molecule has 0 bridgehead atoms. The molecule has 0 spiro atoms. The molecule has 0 aromatic heterocycles. The van der Waals surface area contributed by atoms with Crippen molar-refractivity contribution in [3.05, 3.63) is 29.3 Å². The predicted octanol–water partition coefficient (Wildman–Crippen LogP) is 2.07. The molecular formula is C13H19N3O2. The van der Waals surface area contributed by atoms with Gasteiger partial charge in [-0.05, 0) is 25.0 Å². The monoisotopic (exact) mass is 249 g/mol. The molecular weight excluding hydrogens is 230 g/mol. The van der Waals surface area contributed by atoms with E-state index < -0.39 is 0 Å². The molecule has 0 aliphatic carbocycles. The van der Waals surface area contributed by atoms with Gasteiger partial charge in [0.05, 0.1) is 5.69 Å². The summed E-state index contributed by atoms with van der Waals surface area (Å²) >= 11 is 0. The Hall–Kier alpha value is -2.04. The van der Waals surface area contributed by atoms with Gasteiger partial charge in [0, 0.05) is 11.5 Å². The fraction of sp³-hybridized carbons (Fsp3) is 0.385. The summed E-state index contributed by atoms with van der Waals surface area (Å²) in [6, 6.07) is 5.39. The number of amides is 1. The van der Waals surface area contributed by atoms with Gasteiger partial charge in [-0.3, -0.25) is 4.79 Å². The summed E-state index contributed by atoms with van der Waals surface area (Å²) in [7, 11) is 0. The SMILES string of the molecule is CCC(C)C(=O)Nc1cccc(C)c1/C(N)=N/O. The lowest BCUT2D eigenvalue weighted by atomic mass is 10.0. The first-order valence-electron chi connectivity index (χ1n) is 5.89. The maximum absolute atomic E-state index is 11.9. The van der Waals surface area contributed by atoms with Gasteiger partial charge in [0.2, 0.25) is 5.91 Å². The molecule has 1 rings (SSSR count). The van der Waals surface area contributed by atoms with E-state index in [0.29, 0.717) is 11.3 Å². The Labute approximate surface area is 107 Å². The molecule has 1 atom stereocenters. The second kappa shape index (κ2) is 6.05. The molecule has 0 radical (unpaired) electrons. The summed E-state index contributed by atoms with van der Waals surface area (Å²) in [5.74, 6) is -0.159. The van der Waals surface area contributed by atoms with Crippen molar-refractivity contribution in [2.24, 2.45) is 16.8 Å². The molecule has 1 amide bonds. The minimum absolute atomic E-state index is 0.00690. The highest BCUT2D eigenvalue weighted by molar-refractivity contribution is 6.06. The van der Waals surface area contributed by atoms with Crippen molar-refractivity contribution in [2.75, 3.05) is 5.32 Å². The Morgan fingerprint density at radius 3 is 2.78 bits per heavy atom. The van der Waals surface area contributed by atoms with Gasteiger partial charge in [0.15, 0.2) is 5.84 Å². The van der Waals surface area contributed by atoms with Crippen LogP contribution in [0.5, 0.6) is 0 Å².